The minimum atomic E-state index is -4.64. The van der Waals surface area contributed by atoms with Crippen LogP contribution in [0.4, 0.5) is 23.7 Å². The minimum Gasteiger partial charge on any atom is -0.444 e. The van der Waals surface area contributed by atoms with Crippen LogP contribution < -0.4 is 4.90 Å². The normalized spacial score (nSPS) is 18.3. The molecular formula is C31H36F3N5O3. The maximum absolute atomic E-state index is 14.4. The number of rotatable bonds is 5. The molecule has 0 bridgehead atoms. The number of alkyl halides is 3. The Bertz CT molecular complexity index is 1490. The van der Waals surface area contributed by atoms with Crippen molar-refractivity contribution in [2.24, 2.45) is 7.05 Å². The number of carbonyl (C=O) groups is 2. The number of benzene rings is 2. The number of piperidine rings is 1. The predicted octanol–water partition coefficient (Wildman–Crippen LogP) is 6.46. The monoisotopic (exact) mass is 583 g/mol. The molecule has 3 aromatic rings. The van der Waals surface area contributed by atoms with Crippen LogP contribution in [-0.2, 0) is 30.9 Å². The highest BCUT2D eigenvalue weighted by Gasteiger charge is 2.41. The van der Waals surface area contributed by atoms with Gasteiger partial charge in [0.1, 0.15) is 17.8 Å². The van der Waals surface area contributed by atoms with Crippen LogP contribution in [0.3, 0.4) is 0 Å². The fourth-order valence-electron chi connectivity index (χ4n) is 5.75. The molecule has 0 spiro atoms. The SMILES string of the molecule is C[C@H](Cc1nncn1C)c1cccc(N2Cc3c(cc(C4CCCN(C(=O)OC(C)(C)C)C4)cc3C(F)(F)F)C2=O)c1. The zero-order valence-electron chi connectivity index (χ0n) is 24.5. The summed E-state index contributed by atoms with van der Waals surface area (Å²) in [7, 11) is 1.87. The standard InChI is InChI=1S/C31H36F3N5O3/c1-19(12-27-36-35-18-37(27)5)20-8-6-10-23(13-20)39-17-25-24(28(39)40)14-22(15-26(25)31(32,33)34)21-9-7-11-38(16-21)29(41)42-30(2,3)4/h6,8,10,13-15,18-19,21H,7,9,11-12,16-17H2,1-5H3/t19-,21?/m1/s1. The third kappa shape index (κ3) is 6.15. The van der Waals surface area contributed by atoms with E-state index in [4.69, 9.17) is 4.74 Å². The average Bonchev–Trinajstić information content (AvgIpc) is 3.48. The molecular weight excluding hydrogens is 547 g/mol. The van der Waals surface area contributed by atoms with E-state index in [2.05, 4.69) is 10.2 Å². The fourth-order valence-corrected chi connectivity index (χ4v) is 5.75. The molecule has 2 atom stereocenters. The van der Waals surface area contributed by atoms with E-state index >= 15 is 0 Å². The Morgan fingerprint density at radius 2 is 1.93 bits per heavy atom. The summed E-state index contributed by atoms with van der Waals surface area (Å²) in [5, 5.41) is 8.06. The van der Waals surface area contributed by atoms with Crippen LogP contribution in [0.25, 0.3) is 0 Å². The maximum Gasteiger partial charge on any atom is 0.416 e. The van der Waals surface area contributed by atoms with E-state index < -0.39 is 29.3 Å². The number of nitrogens with zero attached hydrogens (tertiary/aromatic N) is 5. The molecule has 1 unspecified atom stereocenters. The van der Waals surface area contributed by atoms with Crippen LogP contribution in [-0.4, -0.2) is 50.4 Å². The number of likely N-dealkylation sites (tertiary alicyclic amines) is 1. The molecule has 3 heterocycles. The summed E-state index contributed by atoms with van der Waals surface area (Å²) in [5.74, 6) is 0.0527. The second kappa shape index (κ2) is 11.1. The summed E-state index contributed by atoms with van der Waals surface area (Å²) in [6.07, 6.45) is -1.63. The number of ether oxygens (including phenoxy) is 1. The van der Waals surface area contributed by atoms with E-state index in [1.54, 1.807) is 44.1 Å². The Kier molecular flexibility index (Phi) is 7.80. The summed E-state index contributed by atoms with van der Waals surface area (Å²) < 4.78 is 50.5. The van der Waals surface area contributed by atoms with Gasteiger partial charge in [-0.15, -0.1) is 10.2 Å². The van der Waals surface area contributed by atoms with Crippen LogP contribution in [0.1, 0.15) is 90.8 Å². The number of halogens is 3. The molecule has 1 saturated heterocycles. The van der Waals surface area contributed by atoms with Crippen LogP contribution in [0.5, 0.6) is 0 Å². The molecule has 8 nitrogen and oxygen atoms in total. The van der Waals surface area contributed by atoms with E-state index in [1.165, 1.54) is 4.90 Å². The number of anilines is 1. The minimum absolute atomic E-state index is 0.0198. The van der Waals surface area contributed by atoms with Gasteiger partial charge in [-0.2, -0.15) is 13.2 Å². The highest BCUT2D eigenvalue weighted by atomic mass is 19.4. The quantitative estimate of drug-likeness (QED) is 0.345. The Morgan fingerprint density at radius 1 is 1.17 bits per heavy atom. The van der Waals surface area contributed by atoms with Crippen molar-refractivity contribution in [3.63, 3.8) is 0 Å². The number of carbonyl (C=O) groups excluding carboxylic acids is 2. The first-order valence-corrected chi connectivity index (χ1v) is 14.2. The van der Waals surface area contributed by atoms with Crippen LogP contribution in [0.2, 0.25) is 0 Å². The third-order valence-electron chi connectivity index (χ3n) is 7.96. The predicted molar refractivity (Wildman–Crippen MR) is 151 cm³/mol. The number of fused-ring (bicyclic) bond motifs is 1. The van der Waals surface area contributed by atoms with Gasteiger partial charge < -0.3 is 19.1 Å². The van der Waals surface area contributed by atoms with E-state index in [0.717, 1.165) is 17.5 Å². The van der Waals surface area contributed by atoms with Crippen LogP contribution >= 0.6 is 0 Å². The zero-order valence-corrected chi connectivity index (χ0v) is 24.5. The van der Waals surface area contributed by atoms with Gasteiger partial charge >= 0.3 is 12.3 Å². The highest BCUT2D eigenvalue weighted by molar-refractivity contribution is 6.10. The zero-order chi connectivity index (χ0) is 30.4. The van der Waals surface area contributed by atoms with Crippen molar-refractivity contribution in [3.8, 4) is 0 Å². The van der Waals surface area contributed by atoms with Gasteiger partial charge in [0.2, 0.25) is 0 Å². The van der Waals surface area contributed by atoms with Crippen molar-refractivity contribution in [3.05, 3.63) is 76.4 Å². The van der Waals surface area contributed by atoms with Crippen molar-refractivity contribution >= 4 is 17.7 Å². The lowest BCUT2D eigenvalue weighted by Gasteiger charge is -2.34. The van der Waals surface area contributed by atoms with Gasteiger partial charge in [-0.3, -0.25) is 4.79 Å². The molecule has 0 N–H and O–H groups in total. The molecule has 0 radical (unpaired) electrons. The Balaban J connectivity index is 1.42. The van der Waals surface area contributed by atoms with E-state index in [9.17, 15) is 22.8 Å². The molecule has 42 heavy (non-hydrogen) atoms. The van der Waals surface area contributed by atoms with E-state index in [1.807, 2.05) is 36.7 Å². The van der Waals surface area contributed by atoms with Crippen molar-refractivity contribution in [2.75, 3.05) is 18.0 Å². The number of hydrogen-bond donors (Lipinski definition) is 0. The molecule has 0 aliphatic carbocycles. The lowest BCUT2D eigenvalue weighted by atomic mass is 9.87. The molecule has 2 aromatic carbocycles. The van der Waals surface area contributed by atoms with Crippen LogP contribution in [0, 0.1) is 0 Å². The first-order chi connectivity index (χ1) is 19.7. The first kappa shape index (κ1) is 29.6. The second-order valence-electron chi connectivity index (χ2n) is 12.3. The summed E-state index contributed by atoms with van der Waals surface area (Å²) in [6.45, 7) is 7.89. The van der Waals surface area contributed by atoms with Gasteiger partial charge in [0.25, 0.3) is 5.91 Å². The van der Waals surface area contributed by atoms with Crippen molar-refractivity contribution < 1.29 is 27.5 Å². The van der Waals surface area contributed by atoms with Gasteiger partial charge in [-0.05, 0) is 80.5 Å². The van der Waals surface area contributed by atoms with E-state index in [0.29, 0.717) is 37.1 Å². The Morgan fingerprint density at radius 3 is 2.60 bits per heavy atom. The van der Waals surface area contributed by atoms with Gasteiger partial charge in [0.05, 0.1) is 12.1 Å². The maximum atomic E-state index is 14.4. The number of amides is 2. The van der Waals surface area contributed by atoms with Crippen molar-refractivity contribution in [1.82, 2.24) is 19.7 Å². The van der Waals surface area contributed by atoms with Gasteiger partial charge in [0.15, 0.2) is 0 Å². The molecule has 2 aliphatic rings. The number of aromatic nitrogens is 3. The lowest BCUT2D eigenvalue weighted by molar-refractivity contribution is -0.138. The highest BCUT2D eigenvalue weighted by Crippen LogP contribution is 2.42. The summed E-state index contributed by atoms with van der Waals surface area (Å²) in [5.41, 5.74) is 0.465. The molecule has 1 fully saturated rings. The molecule has 2 amide bonds. The first-order valence-electron chi connectivity index (χ1n) is 14.2. The topological polar surface area (TPSA) is 80.6 Å². The summed E-state index contributed by atoms with van der Waals surface area (Å²) in [4.78, 5) is 29.3. The van der Waals surface area contributed by atoms with Gasteiger partial charge in [0, 0.05) is 43.7 Å². The largest absolute Gasteiger partial charge is 0.444 e. The smallest absolute Gasteiger partial charge is 0.416 e. The van der Waals surface area contributed by atoms with Crippen molar-refractivity contribution in [2.45, 2.75) is 77.1 Å². The third-order valence-corrected chi connectivity index (χ3v) is 7.96. The van der Waals surface area contributed by atoms with Gasteiger partial charge in [-0.1, -0.05) is 19.1 Å². The number of aryl methyl sites for hydroxylation is 1. The molecule has 0 saturated carbocycles. The van der Waals surface area contributed by atoms with Crippen LogP contribution in [0.15, 0.2) is 42.7 Å². The van der Waals surface area contributed by atoms with Gasteiger partial charge in [-0.25, -0.2) is 4.79 Å². The molecule has 11 heteroatoms. The van der Waals surface area contributed by atoms with Crippen molar-refractivity contribution in [1.29, 1.82) is 0 Å². The molecule has 5 rings (SSSR count). The fraction of sp³-hybridized carbons (Fsp3) is 0.484. The Labute approximate surface area is 243 Å². The summed E-state index contributed by atoms with van der Waals surface area (Å²) in [6, 6.07) is 10.1. The second-order valence-corrected chi connectivity index (χ2v) is 12.3. The average molecular weight is 584 g/mol. The lowest BCUT2D eigenvalue weighted by Crippen LogP contribution is -2.42. The molecule has 224 valence electrons. The number of hydrogen-bond acceptors (Lipinski definition) is 5. The van der Waals surface area contributed by atoms with E-state index in [-0.39, 0.29) is 36.1 Å². The molecule has 1 aromatic heterocycles. The Hall–Kier alpha value is -3.89. The molecule has 2 aliphatic heterocycles. The summed E-state index contributed by atoms with van der Waals surface area (Å²) >= 11 is 0.